The molecule has 2 heterocycles. The summed E-state index contributed by atoms with van der Waals surface area (Å²) in [6.45, 7) is 3.93. The average Bonchev–Trinajstić information content (AvgIpc) is 2.44. The van der Waals surface area contributed by atoms with Crippen LogP contribution in [0.3, 0.4) is 0 Å². The van der Waals surface area contributed by atoms with Crippen molar-refractivity contribution in [1.29, 1.82) is 0 Å². The molecule has 2 aliphatic rings. The maximum atomic E-state index is 12.5. The van der Waals surface area contributed by atoms with Crippen LogP contribution < -0.4 is 15.0 Å². The van der Waals surface area contributed by atoms with Gasteiger partial charge >= 0.3 is 0 Å². The lowest BCUT2D eigenvalue weighted by Crippen LogP contribution is -2.48. The molecule has 1 aromatic carbocycles. The van der Waals surface area contributed by atoms with Gasteiger partial charge < -0.3 is 15.0 Å². The minimum absolute atomic E-state index is 0.115. The number of amides is 1. The Hall–Kier alpha value is -1.55. The minimum atomic E-state index is 0.115. The van der Waals surface area contributed by atoms with Crippen LogP contribution >= 0.6 is 0 Å². The van der Waals surface area contributed by atoms with E-state index in [9.17, 15) is 4.79 Å². The third-order valence-corrected chi connectivity index (χ3v) is 4.45. The van der Waals surface area contributed by atoms with Gasteiger partial charge in [0.25, 0.3) is 0 Å². The molecule has 0 bridgehead atoms. The molecule has 4 heteroatoms. The zero-order chi connectivity index (χ0) is 13.6. The van der Waals surface area contributed by atoms with Crippen molar-refractivity contribution in [2.24, 2.45) is 5.92 Å². The second kappa shape index (κ2) is 4.53. The maximum Gasteiger partial charge on any atom is 0.230 e. The fourth-order valence-corrected chi connectivity index (χ4v) is 3.48. The van der Waals surface area contributed by atoms with Crippen molar-refractivity contribution in [3.8, 4) is 5.75 Å². The summed E-state index contributed by atoms with van der Waals surface area (Å²) in [4.78, 5) is 14.3. The van der Waals surface area contributed by atoms with E-state index in [4.69, 9.17) is 4.74 Å². The summed E-state index contributed by atoms with van der Waals surface area (Å²) in [7, 11) is 3.52. The summed E-state index contributed by atoms with van der Waals surface area (Å²) >= 11 is 0. The fraction of sp³-hybridized carbons (Fsp3) is 0.533. The Morgan fingerprint density at radius 2 is 2.16 bits per heavy atom. The number of carbonyl (C=O) groups excluding carboxylic acids is 1. The summed E-state index contributed by atoms with van der Waals surface area (Å²) < 4.78 is 5.45. The Bertz CT molecular complexity index is 527. The van der Waals surface area contributed by atoms with Crippen molar-refractivity contribution in [1.82, 2.24) is 5.32 Å². The summed E-state index contributed by atoms with van der Waals surface area (Å²) in [5.74, 6) is 1.41. The van der Waals surface area contributed by atoms with E-state index in [-0.39, 0.29) is 17.7 Å². The first-order chi connectivity index (χ1) is 9.15. The molecule has 19 heavy (non-hydrogen) atoms. The Kier molecular flexibility index (Phi) is 2.97. The number of nitrogens with zero attached hydrogens (tertiary/aromatic N) is 1. The maximum absolute atomic E-state index is 12.5. The number of methoxy groups -OCH3 is 1. The molecule has 3 rings (SSSR count). The van der Waals surface area contributed by atoms with Gasteiger partial charge in [-0.3, -0.25) is 4.79 Å². The molecule has 1 fully saturated rings. The van der Waals surface area contributed by atoms with Gasteiger partial charge in [-0.1, -0.05) is 6.07 Å². The smallest absolute Gasteiger partial charge is 0.230 e. The third-order valence-electron chi connectivity index (χ3n) is 4.45. The standard InChI is InChI=1S/C15H20N2O2/c1-9-4-5-12(19-3)14-13(9)11-8-16-7-6-10(11)15(18)17(14)2/h4-5,10-11,16H,6-8H2,1-3H3. The molecular formula is C15H20N2O2. The molecule has 1 aromatic rings. The molecule has 102 valence electrons. The number of benzene rings is 1. The first-order valence-corrected chi connectivity index (χ1v) is 6.81. The van der Waals surface area contributed by atoms with Crippen molar-refractivity contribution in [2.45, 2.75) is 19.3 Å². The number of carbonyl (C=O) groups is 1. The second-order valence-corrected chi connectivity index (χ2v) is 5.45. The molecule has 2 aliphatic heterocycles. The number of piperidine rings is 1. The highest BCUT2D eigenvalue weighted by Gasteiger charge is 2.42. The van der Waals surface area contributed by atoms with E-state index in [0.29, 0.717) is 0 Å². The topological polar surface area (TPSA) is 41.6 Å². The number of nitrogens with one attached hydrogen (secondary N) is 1. The van der Waals surface area contributed by atoms with Gasteiger partial charge in [-0.2, -0.15) is 0 Å². The lowest BCUT2D eigenvalue weighted by Gasteiger charge is -2.42. The summed E-state index contributed by atoms with van der Waals surface area (Å²) in [6.07, 6.45) is 0.921. The van der Waals surface area contributed by atoms with E-state index in [1.807, 2.05) is 13.1 Å². The molecule has 0 aliphatic carbocycles. The van der Waals surface area contributed by atoms with Crippen LogP contribution in [0.5, 0.6) is 5.75 Å². The van der Waals surface area contributed by atoms with Gasteiger partial charge in [0.15, 0.2) is 0 Å². The van der Waals surface area contributed by atoms with Gasteiger partial charge in [0, 0.05) is 25.4 Å². The molecule has 0 aromatic heterocycles. The van der Waals surface area contributed by atoms with Gasteiger partial charge in [0.2, 0.25) is 5.91 Å². The number of fused-ring (bicyclic) bond motifs is 3. The van der Waals surface area contributed by atoms with Crippen LogP contribution in [0.4, 0.5) is 5.69 Å². The molecule has 0 saturated carbocycles. The van der Waals surface area contributed by atoms with Gasteiger partial charge in [0.1, 0.15) is 5.75 Å². The Morgan fingerprint density at radius 3 is 2.89 bits per heavy atom. The minimum Gasteiger partial charge on any atom is -0.495 e. The zero-order valence-corrected chi connectivity index (χ0v) is 11.7. The van der Waals surface area contributed by atoms with Crippen LogP contribution in [0.2, 0.25) is 0 Å². The van der Waals surface area contributed by atoms with Crippen LogP contribution in [-0.4, -0.2) is 33.2 Å². The highest BCUT2D eigenvalue weighted by atomic mass is 16.5. The number of aryl methyl sites for hydroxylation is 1. The molecule has 2 unspecified atom stereocenters. The van der Waals surface area contributed by atoms with Crippen LogP contribution in [0, 0.1) is 12.8 Å². The molecule has 0 radical (unpaired) electrons. The van der Waals surface area contributed by atoms with Gasteiger partial charge in [-0.05, 0) is 37.1 Å². The first-order valence-electron chi connectivity index (χ1n) is 6.81. The molecule has 0 spiro atoms. The van der Waals surface area contributed by atoms with E-state index in [1.54, 1.807) is 12.0 Å². The van der Waals surface area contributed by atoms with Crippen molar-refractivity contribution in [3.05, 3.63) is 23.3 Å². The average molecular weight is 260 g/mol. The lowest BCUT2D eigenvalue weighted by atomic mass is 9.75. The van der Waals surface area contributed by atoms with Crippen LogP contribution in [0.1, 0.15) is 23.5 Å². The SMILES string of the molecule is COc1ccc(C)c2c1N(C)C(=O)C1CCNCC21. The zero-order valence-electron chi connectivity index (χ0n) is 11.7. The van der Waals surface area contributed by atoms with E-state index < -0.39 is 0 Å². The van der Waals surface area contributed by atoms with Gasteiger partial charge in [0.05, 0.1) is 12.8 Å². The molecule has 2 atom stereocenters. The monoisotopic (exact) mass is 260 g/mol. The van der Waals surface area contributed by atoms with Crippen LogP contribution in [0.25, 0.3) is 0 Å². The van der Waals surface area contributed by atoms with E-state index in [1.165, 1.54) is 11.1 Å². The Balaban J connectivity index is 2.21. The summed E-state index contributed by atoms with van der Waals surface area (Å²) in [6, 6.07) is 4.04. The van der Waals surface area contributed by atoms with Crippen LogP contribution in [0.15, 0.2) is 12.1 Å². The number of hydrogen-bond acceptors (Lipinski definition) is 3. The number of anilines is 1. The molecule has 1 amide bonds. The summed E-state index contributed by atoms with van der Waals surface area (Å²) in [5.41, 5.74) is 3.48. The van der Waals surface area contributed by atoms with Crippen molar-refractivity contribution in [2.75, 3.05) is 32.1 Å². The molecular weight excluding hydrogens is 240 g/mol. The quantitative estimate of drug-likeness (QED) is 0.835. The largest absolute Gasteiger partial charge is 0.495 e. The predicted octanol–water partition coefficient (Wildman–Crippen LogP) is 1.67. The van der Waals surface area contributed by atoms with Crippen molar-refractivity contribution >= 4 is 11.6 Å². The summed E-state index contributed by atoms with van der Waals surface area (Å²) in [5, 5.41) is 3.41. The van der Waals surface area contributed by atoms with Crippen molar-refractivity contribution in [3.63, 3.8) is 0 Å². The van der Waals surface area contributed by atoms with Crippen molar-refractivity contribution < 1.29 is 9.53 Å². The lowest BCUT2D eigenvalue weighted by molar-refractivity contribution is -0.124. The Labute approximate surface area is 113 Å². The normalized spacial score (nSPS) is 25.8. The van der Waals surface area contributed by atoms with Crippen LogP contribution in [-0.2, 0) is 4.79 Å². The van der Waals surface area contributed by atoms with E-state index in [2.05, 4.69) is 18.3 Å². The number of ether oxygens (including phenoxy) is 1. The Morgan fingerprint density at radius 1 is 1.37 bits per heavy atom. The van der Waals surface area contributed by atoms with E-state index in [0.717, 1.165) is 30.9 Å². The third kappa shape index (κ3) is 1.74. The predicted molar refractivity (Wildman–Crippen MR) is 74.9 cm³/mol. The van der Waals surface area contributed by atoms with E-state index >= 15 is 0 Å². The number of hydrogen-bond donors (Lipinski definition) is 1. The van der Waals surface area contributed by atoms with Gasteiger partial charge in [-0.15, -0.1) is 0 Å². The van der Waals surface area contributed by atoms with Gasteiger partial charge in [-0.25, -0.2) is 0 Å². The first kappa shape index (κ1) is 12.5. The molecule has 1 saturated heterocycles. The second-order valence-electron chi connectivity index (χ2n) is 5.45. The highest BCUT2D eigenvalue weighted by molar-refractivity contribution is 6.00. The fourth-order valence-electron chi connectivity index (χ4n) is 3.48. The number of rotatable bonds is 1. The molecule has 1 N–H and O–H groups in total. The highest BCUT2D eigenvalue weighted by Crippen LogP contribution is 2.47. The molecule has 4 nitrogen and oxygen atoms in total.